The molecule has 1 aliphatic heterocycles. The van der Waals surface area contributed by atoms with Crippen molar-refractivity contribution >= 4 is 11.8 Å². The molecule has 148 valence electrons. The Hall–Kier alpha value is -2.73. The lowest BCUT2D eigenvalue weighted by molar-refractivity contribution is -0.132. The maximum absolute atomic E-state index is 14.4. The fourth-order valence-electron chi connectivity index (χ4n) is 3.31. The fourth-order valence-corrected chi connectivity index (χ4v) is 3.31. The smallest absolute Gasteiger partial charge is 0.256 e. The van der Waals surface area contributed by atoms with Crippen LogP contribution in [0, 0.1) is 5.82 Å². The first kappa shape index (κ1) is 20.0. The molecule has 0 spiro atoms. The molecule has 1 heterocycles. The first-order valence-electron chi connectivity index (χ1n) is 9.52. The molecular formula is C22H26FN3O2. The molecule has 0 aromatic heterocycles. The maximum atomic E-state index is 14.4. The van der Waals surface area contributed by atoms with Gasteiger partial charge in [0.15, 0.2) is 0 Å². The van der Waals surface area contributed by atoms with Crippen molar-refractivity contribution in [3.8, 4) is 11.1 Å². The third-order valence-electron chi connectivity index (χ3n) is 5.00. The Balaban J connectivity index is 1.66. The second kappa shape index (κ2) is 8.97. The molecule has 0 unspecified atom stereocenters. The molecule has 0 atom stereocenters. The van der Waals surface area contributed by atoms with E-state index in [1.165, 1.54) is 6.07 Å². The van der Waals surface area contributed by atoms with E-state index in [9.17, 15) is 14.0 Å². The molecule has 0 N–H and O–H groups in total. The third kappa shape index (κ3) is 4.75. The molecule has 0 radical (unpaired) electrons. The minimum absolute atomic E-state index is 0.0775. The zero-order valence-corrected chi connectivity index (χ0v) is 16.4. The predicted octanol–water partition coefficient (Wildman–Crippen LogP) is 2.73. The standard InChI is InChI=1S/C22H26FN3O2/c1-24(2)11-10-21(27)25-12-14-26(15-13-25)22(28)19-16-18(8-9-20(19)23)17-6-4-3-5-7-17/h3-9,16H,10-15H2,1-2H3. The van der Waals surface area contributed by atoms with Gasteiger partial charge in [0.25, 0.3) is 5.91 Å². The molecule has 3 rings (SSSR count). The molecule has 1 fully saturated rings. The van der Waals surface area contributed by atoms with E-state index in [4.69, 9.17) is 0 Å². The zero-order valence-electron chi connectivity index (χ0n) is 16.4. The van der Waals surface area contributed by atoms with Gasteiger partial charge >= 0.3 is 0 Å². The SMILES string of the molecule is CN(C)CCC(=O)N1CCN(C(=O)c2cc(-c3ccccc3)ccc2F)CC1. The maximum Gasteiger partial charge on any atom is 0.256 e. The summed E-state index contributed by atoms with van der Waals surface area (Å²) in [5.74, 6) is -0.747. The molecule has 0 saturated carbocycles. The van der Waals surface area contributed by atoms with Crippen LogP contribution in [-0.2, 0) is 4.79 Å². The van der Waals surface area contributed by atoms with Crippen LogP contribution in [0.4, 0.5) is 4.39 Å². The van der Waals surface area contributed by atoms with E-state index in [1.54, 1.807) is 21.9 Å². The number of halogens is 1. The summed E-state index contributed by atoms with van der Waals surface area (Å²) in [6, 6.07) is 14.2. The van der Waals surface area contributed by atoms with Crippen LogP contribution in [0.15, 0.2) is 48.5 Å². The largest absolute Gasteiger partial charge is 0.339 e. The second-order valence-corrected chi connectivity index (χ2v) is 7.29. The molecule has 28 heavy (non-hydrogen) atoms. The van der Waals surface area contributed by atoms with Crippen molar-refractivity contribution in [3.05, 3.63) is 59.9 Å². The van der Waals surface area contributed by atoms with Gasteiger partial charge in [0.1, 0.15) is 5.82 Å². The van der Waals surface area contributed by atoms with Crippen molar-refractivity contribution in [3.63, 3.8) is 0 Å². The summed E-state index contributed by atoms with van der Waals surface area (Å²) in [6.07, 6.45) is 0.467. The molecule has 0 aliphatic carbocycles. The van der Waals surface area contributed by atoms with E-state index < -0.39 is 5.82 Å². The highest BCUT2D eigenvalue weighted by Gasteiger charge is 2.26. The zero-order chi connectivity index (χ0) is 20.1. The number of carbonyl (C=O) groups is 2. The number of carbonyl (C=O) groups excluding carboxylic acids is 2. The number of hydrogen-bond donors (Lipinski definition) is 0. The molecule has 2 aromatic rings. The number of rotatable bonds is 5. The summed E-state index contributed by atoms with van der Waals surface area (Å²) in [5.41, 5.74) is 1.82. The van der Waals surface area contributed by atoms with E-state index in [0.29, 0.717) is 39.1 Å². The Labute approximate surface area is 165 Å². The second-order valence-electron chi connectivity index (χ2n) is 7.29. The topological polar surface area (TPSA) is 43.9 Å². The van der Waals surface area contributed by atoms with Gasteiger partial charge in [0, 0.05) is 39.1 Å². The Kier molecular flexibility index (Phi) is 6.41. The van der Waals surface area contributed by atoms with Gasteiger partial charge in [-0.2, -0.15) is 0 Å². The minimum atomic E-state index is -0.519. The van der Waals surface area contributed by atoms with E-state index >= 15 is 0 Å². The van der Waals surface area contributed by atoms with E-state index in [2.05, 4.69) is 0 Å². The van der Waals surface area contributed by atoms with Crippen molar-refractivity contribution in [1.29, 1.82) is 0 Å². The van der Waals surface area contributed by atoms with Crippen molar-refractivity contribution in [2.75, 3.05) is 46.8 Å². The Morgan fingerprint density at radius 2 is 1.57 bits per heavy atom. The van der Waals surface area contributed by atoms with Gasteiger partial charge in [-0.1, -0.05) is 36.4 Å². The van der Waals surface area contributed by atoms with Crippen molar-refractivity contribution in [1.82, 2.24) is 14.7 Å². The van der Waals surface area contributed by atoms with Crippen LogP contribution in [0.2, 0.25) is 0 Å². The van der Waals surface area contributed by atoms with E-state index in [1.807, 2.05) is 49.3 Å². The molecule has 1 aliphatic rings. The summed E-state index contributed by atoms with van der Waals surface area (Å²) in [7, 11) is 3.87. The Morgan fingerprint density at radius 1 is 0.929 bits per heavy atom. The number of nitrogens with zero attached hydrogens (tertiary/aromatic N) is 3. The van der Waals surface area contributed by atoms with Crippen molar-refractivity contribution < 1.29 is 14.0 Å². The van der Waals surface area contributed by atoms with Crippen molar-refractivity contribution in [2.45, 2.75) is 6.42 Å². The first-order chi connectivity index (χ1) is 13.5. The summed E-state index contributed by atoms with van der Waals surface area (Å²) in [5, 5.41) is 0. The lowest BCUT2D eigenvalue weighted by Crippen LogP contribution is -2.51. The highest BCUT2D eigenvalue weighted by Crippen LogP contribution is 2.23. The van der Waals surface area contributed by atoms with Crippen LogP contribution in [0.3, 0.4) is 0 Å². The Bertz CT molecular complexity index is 831. The van der Waals surface area contributed by atoms with Gasteiger partial charge in [-0.3, -0.25) is 9.59 Å². The molecule has 5 nitrogen and oxygen atoms in total. The van der Waals surface area contributed by atoms with Crippen LogP contribution < -0.4 is 0 Å². The molecule has 2 amide bonds. The molecule has 6 heteroatoms. The van der Waals surface area contributed by atoms with Gasteiger partial charge in [-0.15, -0.1) is 0 Å². The van der Waals surface area contributed by atoms with E-state index in [-0.39, 0.29) is 17.4 Å². The quantitative estimate of drug-likeness (QED) is 0.798. The highest BCUT2D eigenvalue weighted by molar-refractivity contribution is 5.96. The van der Waals surface area contributed by atoms with Crippen LogP contribution in [0.5, 0.6) is 0 Å². The fraction of sp³-hybridized carbons (Fsp3) is 0.364. The molecule has 2 aromatic carbocycles. The van der Waals surface area contributed by atoms with Crippen LogP contribution >= 0.6 is 0 Å². The number of benzene rings is 2. The van der Waals surface area contributed by atoms with E-state index in [0.717, 1.165) is 11.1 Å². The van der Waals surface area contributed by atoms with Gasteiger partial charge in [0.2, 0.25) is 5.91 Å². The number of amides is 2. The monoisotopic (exact) mass is 383 g/mol. The number of piperazine rings is 1. The first-order valence-corrected chi connectivity index (χ1v) is 9.52. The van der Waals surface area contributed by atoms with Crippen LogP contribution in [0.25, 0.3) is 11.1 Å². The minimum Gasteiger partial charge on any atom is -0.339 e. The van der Waals surface area contributed by atoms with Gasteiger partial charge in [-0.25, -0.2) is 4.39 Å². The summed E-state index contributed by atoms with van der Waals surface area (Å²) < 4.78 is 14.4. The average Bonchev–Trinajstić information content (AvgIpc) is 2.72. The third-order valence-corrected chi connectivity index (χ3v) is 5.00. The summed E-state index contributed by atoms with van der Waals surface area (Å²) >= 11 is 0. The lowest BCUT2D eigenvalue weighted by atomic mass is 10.0. The summed E-state index contributed by atoms with van der Waals surface area (Å²) in [6.45, 7) is 2.51. The lowest BCUT2D eigenvalue weighted by Gasteiger charge is -2.35. The van der Waals surface area contributed by atoms with Gasteiger partial charge < -0.3 is 14.7 Å². The van der Waals surface area contributed by atoms with Crippen LogP contribution in [-0.4, -0.2) is 73.3 Å². The van der Waals surface area contributed by atoms with Gasteiger partial charge in [-0.05, 0) is 37.4 Å². The summed E-state index contributed by atoms with van der Waals surface area (Å²) in [4.78, 5) is 30.5. The number of hydrogen-bond acceptors (Lipinski definition) is 3. The predicted molar refractivity (Wildman–Crippen MR) is 107 cm³/mol. The van der Waals surface area contributed by atoms with Crippen molar-refractivity contribution in [2.24, 2.45) is 0 Å². The highest BCUT2D eigenvalue weighted by atomic mass is 19.1. The van der Waals surface area contributed by atoms with Crippen LogP contribution in [0.1, 0.15) is 16.8 Å². The Morgan fingerprint density at radius 3 is 2.21 bits per heavy atom. The molecular weight excluding hydrogens is 357 g/mol. The normalized spacial score (nSPS) is 14.4. The molecule has 0 bridgehead atoms. The van der Waals surface area contributed by atoms with Gasteiger partial charge in [0.05, 0.1) is 5.56 Å². The molecule has 1 saturated heterocycles. The average molecular weight is 383 g/mol.